The van der Waals surface area contributed by atoms with E-state index >= 15 is 0 Å². The van der Waals surface area contributed by atoms with E-state index in [0.717, 1.165) is 10.2 Å². The van der Waals surface area contributed by atoms with Gasteiger partial charge in [-0.2, -0.15) is 10.2 Å². The first-order valence-corrected chi connectivity index (χ1v) is 8.66. The first-order valence-electron chi connectivity index (χ1n) is 7.91. The summed E-state index contributed by atoms with van der Waals surface area (Å²) in [4.78, 5) is 23.7. The molecule has 2 heterocycles. The van der Waals surface area contributed by atoms with Crippen LogP contribution in [0.2, 0.25) is 10.0 Å². The van der Waals surface area contributed by atoms with Gasteiger partial charge in [-0.1, -0.05) is 41.4 Å². The van der Waals surface area contributed by atoms with Gasteiger partial charge in [0.1, 0.15) is 16.8 Å². The van der Waals surface area contributed by atoms with Crippen LogP contribution in [0.25, 0.3) is 0 Å². The van der Waals surface area contributed by atoms with Crippen LogP contribution in [0.3, 0.4) is 0 Å². The van der Waals surface area contributed by atoms with E-state index in [9.17, 15) is 9.59 Å². The minimum atomic E-state index is -1.17. The van der Waals surface area contributed by atoms with Crippen molar-refractivity contribution in [3.8, 4) is 0 Å². The molecule has 1 aromatic carbocycles. The van der Waals surface area contributed by atoms with Crippen molar-refractivity contribution in [2.75, 3.05) is 5.32 Å². The Morgan fingerprint density at radius 3 is 2.67 bits per heavy atom. The highest BCUT2D eigenvalue weighted by Crippen LogP contribution is 2.23. The highest BCUT2D eigenvalue weighted by Gasteiger charge is 2.23. The van der Waals surface area contributed by atoms with Crippen LogP contribution in [-0.2, 0) is 11.3 Å². The summed E-state index contributed by atoms with van der Waals surface area (Å²) in [6.45, 7) is 1.91. The van der Waals surface area contributed by atoms with Crippen molar-refractivity contribution in [1.29, 1.82) is 0 Å². The largest absolute Gasteiger partial charge is 0.477 e. The molecular formula is C17H15Cl2N5O3. The van der Waals surface area contributed by atoms with Crippen LogP contribution in [0.1, 0.15) is 29.0 Å². The smallest absolute Gasteiger partial charge is 0.354 e. The average molecular weight is 408 g/mol. The fourth-order valence-corrected chi connectivity index (χ4v) is 2.88. The molecular weight excluding hydrogens is 393 g/mol. The number of aromatic carboxylic acids is 1. The maximum Gasteiger partial charge on any atom is 0.354 e. The minimum Gasteiger partial charge on any atom is -0.477 e. The monoisotopic (exact) mass is 407 g/mol. The van der Waals surface area contributed by atoms with Crippen molar-refractivity contribution >= 4 is 40.9 Å². The molecule has 1 atom stereocenters. The van der Waals surface area contributed by atoms with E-state index < -0.39 is 17.9 Å². The number of benzene rings is 1. The van der Waals surface area contributed by atoms with E-state index in [4.69, 9.17) is 28.3 Å². The summed E-state index contributed by atoms with van der Waals surface area (Å²) in [6, 6.07) is 7.78. The zero-order chi connectivity index (χ0) is 19.6. The summed E-state index contributed by atoms with van der Waals surface area (Å²) >= 11 is 12.3. The normalized spacial score (nSPS) is 12.0. The number of anilines is 1. The SMILES string of the molecule is CC(C(=O)Nc1nn(Cc2ccccc2Cl)cc1Cl)n1nccc1C(=O)O. The lowest BCUT2D eigenvalue weighted by Gasteiger charge is -2.13. The summed E-state index contributed by atoms with van der Waals surface area (Å²) in [5, 5.41) is 20.7. The maximum absolute atomic E-state index is 12.5. The molecule has 2 aromatic heterocycles. The van der Waals surface area contributed by atoms with Gasteiger partial charge < -0.3 is 10.4 Å². The van der Waals surface area contributed by atoms with Crippen LogP contribution in [-0.4, -0.2) is 36.5 Å². The molecule has 0 bridgehead atoms. The molecule has 0 aliphatic rings. The van der Waals surface area contributed by atoms with Crippen molar-refractivity contribution in [3.63, 3.8) is 0 Å². The van der Waals surface area contributed by atoms with Gasteiger partial charge in [0.05, 0.1) is 6.54 Å². The number of amides is 1. The number of carbonyl (C=O) groups excluding carboxylic acids is 1. The predicted molar refractivity (Wildman–Crippen MR) is 100 cm³/mol. The van der Waals surface area contributed by atoms with Gasteiger partial charge in [-0.05, 0) is 24.6 Å². The van der Waals surface area contributed by atoms with Crippen molar-refractivity contribution in [2.24, 2.45) is 0 Å². The highest BCUT2D eigenvalue weighted by atomic mass is 35.5. The van der Waals surface area contributed by atoms with Crippen LogP contribution in [0.4, 0.5) is 5.82 Å². The molecule has 27 heavy (non-hydrogen) atoms. The van der Waals surface area contributed by atoms with Crippen LogP contribution in [0.15, 0.2) is 42.7 Å². The number of nitrogens with zero attached hydrogens (tertiary/aromatic N) is 4. The Balaban J connectivity index is 1.75. The Labute approximate surface area is 164 Å². The molecule has 1 amide bonds. The summed E-state index contributed by atoms with van der Waals surface area (Å²) in [5.41, 5.74) is 0.764. The molecule has 1 unspecified atom stereocenters. The number of carboxylic acids is 1. The number of rotatable bonds is 6. The fourth-order valence-electron chi connectivity index (χ4n) is 2.49. The van der Waals surface area contributed by atoms with Crippen molar-refractivity contribution in [1.82, 2.24) is 19.6 Å². The number of hydrogen-bond donors (Lipinski definition) is 2. The van der Waals surface area contributed by atoms with Gasteiger partial charge in [0.15, 0.2) is 5.82 Å². The van der Waals surface area contributed by atoms with Gasteiger partial charge in [0.2, 0.25) is 5.91 Å². The first kappa shape index (κ1) is 18.9. The molecule has 0 saturated carbocycles. The van der Waals surface area contributed by atoms with Crippen molar-refractivity contribution < 1.29 is 14.7 Å². The summed E-state index contributed by atoms with van der Waals surface area (Å²) < 4.78 is 2.67. The van der Waals surface area contributed by atoms with Gasteiger partial charge in [0.25, 0.3) is 0 Å². The summed E-state index contributed by atoms with van der Waals surface area (Å²) in [6.07, 6.45) is 2.89. The second kappa shape index (κ2) is 7.81. The Kier molecular flexibility index (Phi) is 5.48. The van der Waals surface area contributed by atoms with E-state index in [2.05, 4.69) is 15.5 Å². The number of nitrogens with one attached hydrogen (secondary N) is 1. The van der Waals surface area contributed by atoms with Gasteiger partial charge >= 0.3 is 5.97 Å². The molecule has 140 valence electrons. The number of carboxylic acid groups (broad SMARTS) is 1. The first-order chi connectivity index (χ1) is 12.9. The lowest BCUT2D eigenvalue weighted by molar-refractivity contribution is -0.119. The molecule has 3 rings (SSSR count). The molecule has 0 saturated heterocycles. The van der Waals surface area contributed by atoms with E-state index in [1.54, 1.807) is 16.9 Å². The molecule has 8 nitrogen and oxygen atoms in total. The topological polar surface area (TPSA) is 102 Å². The third-order valence-electron chi connectivity index (χ3n) is 3.88. The van der Waals surface area contributed by atoms with Crippen molar-refractivity contribution in [2.45, 2.75) is 19.5 Å². The minimum absolute atomic E-state index is 0.0898. The summed E-state index contributed by atoms with van der Waals surface area (Å²) in [7, 11) is 0. The zero-order valence-corrected chi connectivity index (χ0v) is 15.6. The maximum atomic E-state index is 12.5. The third kappa shape index (κ3) is 4.12. The van der Waals surface area contributed by atoms with Gasteiger partial charge in [-0.25, -0.2) is 9.48 Å². The van der Waals surface area contributed by atoms with Crippen LogP contribution >= 0.6 is 23.2 Å². The fraction of sp³-hybridized carbons (Fsp3) is 0.176. The summed E-state index contributed by atoms with van der Waals surface area (Å²) in [5.74, 6) is -1.50. The molecule has 0 aliphatic carbocycles. The molecule has 10 heteroatoms. The molecule has 0 fully saturated rings. The Bertz CT molecular complexity index is 998. The van der Waals surface area contributed by atoms with Gasteiger partial charge in [0, 0.05) is 17.4 Å². The van der Waals surface area contributed by atoms with E-state index in [-0.39, 0.29) is 16.5 Å². The average Bonchev–Trinajstić information content (AvgIpc) is 3.23. The standard InChI is InChI=1S/C17H15Cl2N5O3/c1-10(24-14(17(26)27)6-7-20-24)16(25)21-15-13(19)9-23(22-15)8-11-4-2-3-5-12(11)18/h2-7,9-10H,8H2,1H3,(H,26,27)(H,21,22,25). The zero-order valence-electron chi connectivity index (χ0n) is 14.1. The van der Waals surface area contributed by atoms with Crippen molar-refractivity contribution in [3.05, 3.63) is 64.0 Å². The number of carbonyl (C=O) groups is 2. The quantitative estimate of drug-likeness (QED) is 0.652. The molecule has 2 N–H and O–H groups in total. The number of hydrogen-bond acceptors (Lipinski definition) is 4. The van der Waals surface area contributed by atoms with E-state index in [1.807, 2.05) is 18.2 Å². The van der Waals surface area contributed by atoms with E-state index in [1.165, 1.54) is 19.2 Å². The highest BCUT2D eigenvalue weighted by molar-refractivity contribution is 6.33. The van der Waals surface area contributed by atoms with Gasteiger partial charge in [-0.15, -0.1) is 0 Å². The van der Waals surface area contributed by atoms with Crippen LogP contribution in [0.5, 0.6) is 0 Å². The van der Waals surface area contributed by atoms with Gasteiger partial charge in [-0.3, -0.25) is 9.48 Å². The van der Waals surface area contributed by atoms with Crippen LogP contribution in [0, 0.1) is 0 Å². The lowest BCUT2D eigenvalue weighted by atomic mass is 10.2. The molecule has 0 radical (unpaired) electrons. The second-order valence-electron chi connectivity index (χ2n) is 5.75. The third-order valence-corrected chi connectivity index (χ3v) is 4.53. The second-order valence-corrected chi connectivity index (χ2v) is 6.56. The number of halogens is 2. The van der Waals surface area contributed by atoms with E-state index in [0.29, 0.717) is 11.6 Å². The van der Waals surface area contributed by atoms with Crippen LogP contribution < -0.4 is 5.32 Å². The Morgan fingerprint density at radius 1 is 1.22 bits per heavy atom. The lowest BCUT2D eigenvalue weighted by Crippen LogP contribution is -2.27. The molecule has 0 spiro atoms. The number of aromatic nitrogens is 4. The predicted octanol–water partition coefficient (Wildman–Crippen LogP) is 3.33. The molecule has 0 aliphatic heterocycles. The Morgan fingerprint density at radius 2 is 1.96 bits per heavy atom. The molecule has 3 aromatic rings. The Hall–Kier alpha value is -2.84.